The van der Waals surface area contributed by atoms with Crippen molar-refractivity contribution in [1.29, 1.82) is 0 Å². The van der Waals surface area contributed by atoms with Crippen LogP contribution in [0.25, 0.3) is 11.1 Å². The monoisotopic (exact) mass is 442 g/mol. The van der Waals surface area contributed by atoms with Crippen molar-refractivity contribution in [3.8, 4) is 22.6 Å². The normalized spacial score (nSPS) is 10.6. The number of aromatic hydroxyl groups is 1. The third-order valence-corrected chi connectivity index (χ3v) is 5.00. The number of rotatable bonds is 13. The van der Waals surface area contributed by atoms with Gasteiger partial charge in [-0.3, -0.25) is 9.59 Å². The summed E-state index contributed by atoms with van der Waals surface area (Å²) >= 11 is 0. The van der Waals surface area contributed by atoms with Crippen molar-refractivity contribution in [2.45, 2.75) is 59.3 Å². The summed E-state index contributed by atoms with van der Waals surface area (Å²) in [7, 11) is 0. The Labute approximate surface area is 190 Å². The predicted molar refractivity (Wildman–Crippen MR) is 124 cm³/mol. The Kier molecular flexibility index (Phi) is 10.6. The summed E-state index contributed by atoms with van der Waals surface area (Å²) < 4.78 is 16.0. The predicted octanol–water partition coefficient (Wildman–Crippen LogP) is 5.23. The molecule has 2 aromatic rings. The third-order valence-electron chi connectivity index (χ3n) is 5.00. The maximum absolute atomic E-state index is 11.8. The zero-order valence-electron chi connectivity index (χ0n) is 19.3. The SMILES string of the molecule is CCCCOc1ccc(CCC(=O)OCC)cc1-c1cc(CCC(=O)OCC)ccc1O. The van der Waals surface area contributed by atoms with Crippen molar-refractivity contribution < 1.29 is 28.9 Å². The van der Waals surface area contributed by atoms with Crippen LogP contribution < -0.4 is 4.74 Å². The third kappa shape index (κ3) is 7.91. The standard InChI is InChI=1S/C26H34O6/c1-4-7-16-32-24-13-9-20(11-15-26(29)31-6-3)18-22(24)21-17-19(8-12-23(21)27)10-14-25(28)30-5-2/h8-9,12-13,17-18,27H,4-7,10-11,14-16H2,1-3H3. The van der Waals surface area contributed by atoms with Gasteiger partial charge in [0.25, 0.3) is 0 Å². The van der Waals surface area contributed by atoms with Crippen LogP contribution in [0.15, 0.2) is 36.4 Å². The molecule has 0 atom stereocenters. The molecule has 6 nitrogen and oxygen atoms in total. The average Bonchev–Trinajstić information content (AvgIpc) is 2.78. The molecule has 0 bridgehead atoms. The molecule has 32 heavy (non-hydrogen) atoms. The van der Waals surface area contributed by atoms with Gasteiger partial charge in [0.15, 0.2) is 0 Å². The molecule has 0 heterocycles. The van der Waals surface area contributed by atoms with Crippen LogP contribution in [0.2, 0.25) is 0 Å². The van der Waals surface area contributed by atoms with E-state index in [4.69, 9.17) is 14.2 Å². The highest BCUT2D eigenvalue weighted by molar-refractivity contribution is 5.77. The highest BCUT2D eigenvalue weighted by atomic mass is 16.5. The van der Waals surface area contributed by atoms with E-state index in [1.807, 2.05) is 24.3 Å². The maximum Gasteiger partial charge on any atom is 0.306 e. The molecule has 0 saturated carbocycles. The molecule has 0 fully saturated rings. The lowest BCUT2D eigenvalue weighted by molar-refractivity contribution is -0.144. The number of hydrogen-bond donors (Lipinski definition) is 1. The lowest BCUT2D eigenvalue weighted by Crippen LogP contribution is -2.06. The Hall–Kier alpha value is -3.02. The van der Waals surface area contributed by atoms with Gasteiger partial charge >= 0.3 is 11.9 Å². The lowest BCUT2D eigenvalue weighted by atomic mass is 9.96. The first-order valence-corrected chi connectivity index (χ1v) is 11.4. The van der Waals surface area contributed by atoms with Crippen molar-refractivity contribution in [3.05, 3.63) is 47.5 Å². The molecule has 0 aliphatic heterocycles. The molecule has 0 radical (unpaired) electrons. The second-order valence-corrected chi connectivity index (χ2v) is 7.49. The molecular formula is C26H34O6. The van der Waals surface area contributed by atoms with Gasteiger partial charge in [-0.1, -0.05) is 25.5 Å². The van der Waals surface area contributed by atoms with Gasteiger partial charge in [0.2, 0.25) is 0 Å². The summed E-state index contributed by atoms with van der Waals surface area (Å²) in [6.07, 6.45) is 3.55. The summed E-state index contributed by atoms with van der Waals surface area (Å²) in [6.45, 7) is 6.97. The van der Waals surface area contributed by atoms with E-state index in [0.717, 1.165) is 29.5 Å². The second kappa shape index (κ2) is 13.4. The van der Waals surface area contributed by atoms with Crippen LogP contribution in [-0.2, 0) is 31.9 Å². The van der Waals surface area contributed by atoms with Crippen molar-refractivity contribution >= 4 is 11.9 Å². The summed E-state index contributed by atoms with van der Waals surface area (Å²) in [5.41, 5.74) is 3.27. The Morgan fingerprint density at radius 1 is 0.812 bits per heavy atom. The number of benzene rings is 2. The van der Waals surface area contributed by atoms with Gasteiger partial charge in [-0.15, -0.1) is 0 Å². The van der Waals surface area contributed by atoms with Crippen LogP contribution in [0.3, 0.4) is 0 Å². The topological polar surface area (TPSA) is 82.1 Å². The van der Waals surface area contributed by atoms with Crippen LogP contribution in [-0.4, -0.2) is 36.9 Å². The molecule has 2 aromatic carbocycles. The van der Waals surface area contributed by atoms with E-state index < -0.39 is 0 Å². The second-order valence-electron chi connectivity index (χ2n) is 7.49. The summed E-state index contributed by atoms with van der Waals surface area (Å²) in [5.74, 6) is 0.330. The molecule has 1 N–H and O–H groups in total. The minimum atomic E-state index is -0.244. The zero-order chi connectivity index (χ0) is 23.3. The summed E-state index contributed by atoms with van der Waals surface area (Å²) in [5, 5.41) is 10.6. The van der Waals surface area contributed by atoms with E-state index in [9.17, 15) is 14.7 Å². The Bertz CT molecular complexity index is 890. The number of unbranched alkanes of at least 4 members (excludes halogenated alkanes) is 1. The van der Waals surface area contributed by atoms with Gasteiger partial charge in [-0.25, -0.2) is 0 Å². The van der Waals surface area contributed by atoms with Gasteiger partial charge in [0.05, 0.1) is 19.8 Å². The van der Waals surface area contributed by atoms with Crippen LogP contribution in [0.4, 0.5) is 0 Å². The van der Waals surface area contributed by atoms with Gasteiger partial charge < -0.3 is 19.3 Å². The molecule has 0 aromatic heterocycles. The molecule has 0 saturated heterocycles. The van der Waals surface area contributed by atoms with E-state index in [1.54, 1.807) is 26.0 Å². The molecule has 0 aliphatic rings. The van der Waals surface area contributed by atoms with E-state index in [0.29, 0.717) is 44.0 Å². The fraction of sp³-hybridized carbons (Fsp3) is 0.462. The van der Waals surface area contributed by atoms with Crippen LogP contribution in [0, 0.1) is 0 Å². The number of hydrogen-bond acceptors (Lipinski definition) is 6. The number of esters is 2. The van der Waals surface area contributed by atoms with E-state index >= 15 is 0 Å². The van der Waals surface area contributed by atoms with Crippen LogP contribution in [0.5, 0.6) is 11.5 Å². The van der Waals surface area contributed by atoms with Crippen LogP contribution in [0.1, 0.15) is 57.6 Å². The summed E-state index contributed by atoms with van der Waals surface area (Å²) in [4.78, 5) is 23.5. The van der Waals surface area contributed by atoms with E-state index in [1.165, 1.54) is 0 Å². The summed E-state index contributed by atoms with van der Waals surface area (Å²) in [6, 6.07) is 11.1. The fourth-order valence-corrected chi connectivity index (χ4v) is 3.31. The number of ether oxygens (including phenoxy) is 3. The van der Waals surface area contributed by atoms with Gasteiger partial charge in [-0.05, 0) is 68.5 Å². The molecule has 0 spiro atoms. The van der Waals surface area contributed by atoms with Crippen molar-refractivity contribution in [3.63, 3.8) is 0 Å². The molecular weight excluding hydrogens is 408 g/mol. The maximum atomic E-state index is 11.8. The smallest absolute Gasteiger partial charge is 0.306 e. The first-order chi connectivity index (χ1) is 15.5. The Morgan fingerprint density at radius 2 is 1.38 bits per heavy atom. The number of aryl methyl sites for hydroxylation is 2. The molecule has 0 aliphatic carbocycles. The minimum absolute atomic E-state index is 0.132. The fourth-order valence-electron chi connectivity index (χ4n) is 3.31. The zero-order valence-corrected chi connectivity index (χ0v) is 19.3. The Morgan fingerprint density at radius 3 is 1.94 bits per heavy atom. The van der Waals surface area contributed by atoms with Crippen molar-refractivity contribution in [2.75, 3.05) is 19.8 Å². The van der Waals surface area contributed by atoms with Crippen molar-refractivity contribution in [2.24, 2.45) is 0 Å². The van der Waals surface area contributed by atoms with Crippen LogP contribution >= 0.6 is 0 Å². The van der Waals surface area contributed by atoms with Gasteiger partial charge in [0.1, 0.15) is 11.5 Å². The van der Waals surface area contributed by atoms with Gasteiger partial charge in [-0.2, -0.15) is 0 Å². The molecule has 174 valence electrons. The number of carbonyl (C=O) groups excluding carboxylic acids is 2. The van der Waals surface area contributed by atoms with E-state index in [-0.39, 0.29) is 30.5 Å². The average molecular weight is 443 g/mol. The molecule has 0 amide bonds. The lowest BCUT2D eigenvalue weighted by Gasteiger charge is -2.15. The first-order valence-electron chi connectivity index (χ1n) is 11.4. The number of phenols is 1. The molecule has 6 heteroatoms. The van der Waals surface area contributed by atoms with Gasteiger partial charge in [0, 0.05) is 24.0 Å². The molecule has 2 rings (SSSR count). The quantitative estimate of drug-likeness (QED) is 0.338. The highest BCUT2D eigenvalue weighted by Crippen LogP contribution is 2.38. The minimum Gasteiger partial charge on any atom is -0.507 e. The highest BCUT2D eigenvalue weighted by Gasteiger charge is 2.14. The van der Waals surface area contributed by atoms with E-state index in [2.05, 4.69) is 6.92 Å². The first kappa shape index (κ1) is 25.2. The largest absolute Gasteiger partial charge is 0.507 e. The number of carbonyl (C=O) groups is 2. The molecule has 0 unspecified atom stereocenters. The van der Waals surface area contributed by atoms with Crippen molar-refractivity contribution in [1.82, 2.24) is 0 Å². The Balaban J connectivity index is 2.31. The number of phenolic OH excluding ortho intramolecular Hbond substituents is 1.